The lowest BCUT2D eigenvalue weighted by Gasteiger charge is -2.17. The van der Waals surface area contributed by atoms with E-state index in [0.717, 1.165) is 16.8 Å². The van der Waals surface area contributed by atoms with Crippen LogP contribution in [-0.2, 0) is 4.79 Å². The monoisotopic (exact) mass is 541 g/mol. The van der Waals surface area contributed by atoms with E-state index >= 15 is 0 Å². The molecule has 1 aromatic heterocycles. The number of hydrogen-bond donors (Lipinski definition) is 1. The number of nitrogens with one attached hydrogen (secondary N) is 1. The highest BCUT2D eigenvalue weighted by Crippen LogP contribution is 2.33. The molecule has 1 N–H and O–H groups in total. The first-order valence-corrected chi connectivity index (χ1v) is 12.7. The molecule has 4 aromatic rings. The van der Waals surface area contributed by atoms with E-state index in [9.17, 15) is 14.9 Å². The zero-order valence-corrected chi connectivity index (χ0v) is 21.6. The summed E-state index contributed by atoms with van der Waals surface area (Å²) in [4.78, 5) is 23.5. The van der Waals surface area contributed by atoms with Crippen LogP contribution in [0, 0.1) is 10.1 Å². The molecule has 1 heterocycles. The minimum atomic E-state index is -0.591. The Morgan fingerprint density at radius 2 is 1.75 bits per heavy atom. The average molecular weight is 542 g/mol. The maximum atomic E-state index is 12.7. The maximum Gasteiger partial charge on any atom is 0.294 e. The fraction of sp³-hybridized carbons (Fsp3) is 0.160. The molecule has 0 saturated carbocycles. The molecule has 184 valence electrons. The second-order valence-corrected chi connectivity index (χ2v) is 9.93. The van der Waals surface area contributed by atoms with Gasteiger partial charge in [-0.25, -0.2) is 0 Å². The van der Waals surface area contributed by atoms with Crippen molar-refractivity contribution in [3.63, 3.8) is 0 Å². The molecule has 0 atom stereocenters. The van der Waals surface area contributed by atoms with Crippen molar-refractivity contribution in [1.82, 2.24) is 14.8 Å². The van der Waals surface area contributed by atoms with Crippen LogP contribution in [0.25, 0.3) is 17.1 Å². The van der Waals surface area contributed by atoms with E-state index in [4.69, 9.17) is 23.2 Å². The Morgan fingerprint density at radius 3 is 2.44 bits per heavy atom. The van der Waals surface area contributed by atoms with E-state index in [1.54, 1.807) is 12.1 Å². The minimum Gasteiger partial charge on any atom is -0.320 e. The molecule has 0 fully saturated rings. The van der Waals surface area contributed by atoms with Crippen LogP contribution in [0.1, 0.15) is 25.3 Å². The molecule has 0 spiro atoms. The zero-order valence-electron chi connectivity index (χ0n) is 19.3. The SMILES string of the molecule is CC(C)c1ccccc1-n1c(SCC(=O)Nc2ccc(Cl)cc2[N+](=O)[O-])nnc1-c1ccc(Cl)cc1. The van der Waals surface area contributed by atoms with Crippen LogP contribution < -0.4 is 5.32 Å². The molecule has 0 aliphatic heterocycles. The number of nitrogens with zero attached hydrogens (tertiary/aromatic N) is 4. The van der Waals surface area contributed by atoms with Gasteiger partial charge in [-0.15, -0.1) is 10.2 Å². The van der Waals surface area contributed by atoms with E-state index in [1.165, 1.54) is 30.0 Å². The summed E-state index contributed by atoms with van der Waals surface area (Å²) >= 11 is 13.1. The van der Waals surface area contributed by atoms with Gasteiger partial charge in [0.2, 0.25) is 5.91 Å². The molecule has 3 aromatic carbocycles. The molecular weight excluding hydrogens is 521 g/mol. The van der Waals surface area contributed by atoms with Gasteiger partial charge < -0.3 is 5.32 Å². The van der Waals surface area contributed by atoms with Crippen molar-refractivity contribution in [3.05, 3.63) is 92.5 Å². The van der Waals surface area contributed by atoms with Crippen LogP contribution in [0.15, 0.2) is 71.9 Å². The number of nitro groups is 1. The van der Waals surface area contributed by atoms with Crippen LogP contribution in [0.5, 0.6) is 0 Å². The number of aromatic nitrogens is 3. The van der Waals surface area contributed by atoms with Gasteiger partial charge in [-0.1, -0.05) is 67.0 Å². The molecule has 0 unspecified atom stereocenters. The van der Waals surface area contributed by atoms with Gasteiger partial charge in [0.05, 0.1) is 16.4 Å². The lowest BCUT2D eigenvalue weighted by atomic mass is 10.0. The molecule has 11 heteroatoms. The highest BCUT2D eigenvalue weighted by atomic mass is 35.5. The fourth-order valence-corrected chi connectivity index (χ4v) is 4.66. The molecule has 8 nitrogen and oxygen atoms in total. The Balaban J connectivity index is 1.66. The number of amides is 1. The summed E-state index contributed by atoms with van der Waals surface area (Å²) in [6, 6.07) is 19.3. The molecule has 0 aliphatic rings. The summed E-state index contributed by atoms with van der Waals surface area (Å²) in [5.74, 6) is 0.372. The molecule has 0 radical (unpaired) electrons. The van der Waals surface area contributed by atoms with Crippen molar-refractivity contribution in [2.24, 2.45) is 0 Å². The minimum absolute atomic E-state index is 0.0393. The van der Waals surface area contributed by atoms with E-state index in [2.05, 4.69) is 29.4 Å². The summed E-state index contributed by atoms with van der Waals surface area (Å²) in [5, 5.41) is 24.0. The third-order valence-electron chi connectivity index (χ3n) is 5.30. The first-order valence-electron chi connectivity index (χ1n) is 10.9. The molecule has 1 amide bonds. The van der Waals surface area contributed by atoms with Gasteiger partial charge in [0.25, 0.3) is 5.69 Å². The summed E-state index contributed by atoms with van der Waals surface area (Å²) in [5.41, 5.74) is 2.61. The predicted octanol–water partition coefficient (Wildman–Crippen LogP) is 7.00. The number of carbonyl (C=O) groups excluding carboxylic acids is 1. The molecule has 36 heavy (non-hydrogen) atoms. The largest absolute Gasteiger partial charge is 0.320 e. The first kappa shape index (κ1) is 25.7. The van der Waals surface area contributed by atoms with Crippen molar-refractivity contribution in [1.29, 1.82) is 0 Å². The highest BCUT2D eigenvalue weighted by molar-refractivity contribution is 7.99. The normalized spacial score (nSPS) is 11.0. The summed E-state index contributed by atoms with van der Waals surface area (Å²) in [6.07, 6.45) is 0. The van der Waals surface area contributed by atoms with Crippen LogP contribution in [0.4, 0.5) is 11.4 Å². The summed E-state index contributed by atoms with van der Waals surface area (Å²) < 4.78 is 1.92. The van der Waals surface area contributed by atoms with Gasteiger partial charge in [0.1, 0.15) is 5.69 Å². The second kappa shape index (κ2) is 11.1. The molecular formula is C25H21Cl2N5O3S. The van der Waals surface area contributed by atoms with Crippen LogP contribution >= 0.6 is 35.0 Å². The Kier molecular flexibility index (Phi) is 7.93. The lowest BCUT2D eigenvalue weighted by molar-refractivity contribution is -0.383. The third-order valence-corrected chi connectivity index (χ3v) is 6.71. The van der Waals surface area contributed by atoms with Gasteiger partial charge >= 0.3 is 0 Å². The van der Waals surface area contributed by atoms with Gasteiger partial charge in [-0.2, -0.15) is 0 Å². The number of thioether (sulfide) groups is 1. The number of hydrogen-bond acceptors (Lipinski definition) is 6. The molecule has 0 aliphatic carbocycles. The number of nitro benzene ring substituents is 1. The fourth-order valence-electron chi connectivity index (χ4n) is 3.62. The number of anilines is 1. The Morgan fingerprint density at radius 1 is 1.06 bits per heavy atom. The molecule has 4 rings (SSSR count). The first-order chi connectivity index (χ1) is 17.2. The zero-order chi connectivity index (χ0) is 25.8. The smallest absolute Gasteiger partial charge is 0.294 e. The number of rotatable bonds is 8. The van der Waals surface area contributed by atoms with Crippen molar-refractivity contribution < 1.29 is 9.72 Å². The number of carbonyl (C=O) groups is 1. The van der Waals surface area contributed by atoms with Crippen LogP contribution in [-0.4, -0.2) is 31.3 Å². The van der Waals surface area contributed by atoms with Gasteiger partial charge in [0, 0.05) is 21.7 Å². The van der Waals surface area contributed by atoms with Crippen molar-refractivity contribution in [2.75, 3.05) is 11.1 Å². The van der Waals surface area contributed by atoms with Crippen LogP contribution in [0.3, 0.4) is 0 Å². The second-order valence-electron chi connectivity index (χ2n) is 8.12. The average Bonchev–Trinajstić information content (AvgIpc) is 3.28. The van der Waals surface area contributed by atoms with Crippen LogP contribution in [0.2, 0.25) is 10.0 Å². The van der Waals surface area contributed by atoms with Crippen molar-refractivity contribution in [2.45, 2.75) is 24.9 Å². The topological polar surface area (TPSA) is 103 Å². The highest BCUT2D eigenvalue weighted by Gasteiger charge is 2.21. The number of halogens is 2. The van der Waals surface area contributed by atoms with E-state index < -0.39 is 10.8 Å². The van der Waals surface area contributed by atoms with Crippen molar-refractivity contribution >= 4 is 52.2 Å². The lowest BCUT2D eigenvalue weighted by Crippen LogP contribution is -2.15. The predicted molar refractivity (Wildman–Crippen MR) is 143 cm³/mol. The summed E-state index contributed by atoms with van der Waals surface area (Å²) in [6.45, 7) is 4.20. The number of para-hydroxylation sites is 1. The van der Waals surface area contributed by atoms with Crippen molar-refractivity contribution in [3.8, 4) is 17.1 Å². The Labute approximate surface area is 221 Å². The van der Waals surface area contributed by atoms with Gasteiger partial charge in [-0.3, -0.25) is 19.5 Å². The van der Waals surface area contributed by atoms with E-state index in [-0.39, 0.29) is 28.1 Å². The van der Waals surface area contributed by atoms with E-state index in [0.29, 0.717) is 16.0 Å². The number of benzene rings is 3. The quantitative estimate of drug-likeness (QED) is 0.146. The Hall–Kier alpha value is -3.40. The Bertz CT molecular complexity index is 1420. The van der Waals surface area contributed by atoms with Gasteiger partial charge in [0.15, 0.2) is 11.0 Å². The van der Waals surface area contributed by atoms with Gasteiger partial charge in [-0.05, 0) is 53.9 Å². The standard InChI is InChI=1S/C25H21Cl2N5O3S/c1-15(2)19-5-3-4-6-21(19)31-24(16-7-9-17(26)10-8-16)29-30-25(31)36-14-23(33)28-20-12-11-18(27)13-22(20)32(34)35/h3-13,15H,14H2,1-2H3,(H,28,33). The third kappa shape index (κ3) is 5.70. The molecule has 0 bridgehead atoms. The molecule has 0 saturated heterocycles. The maximum absolute atomic E-state index is 12.7. The van der Waals surface area contributed by atoms with E-state index in [1.807, 2.05) is 41.0 Å². The summed E-state index contributed by atoms with van der Waals surface area (Å²) in [7, 11) is 0.